The molecule has 0 amide bonds. The Kier molecular flexibility index (Phi) is 2.79. The van der Waals surface area contributed by atoms with E-state index < -0.39 is 8.07 Å². The first kappa shape index (κ1) is 12.5. The van der Waals surface area contributed by atoms with Gasteiger partial charge in [-0.25, -0.2) is 0 Å². The average Bonchev–Trinajstić information content (AvgIpc) is 2.39. The molecule has 0 aliphatic carbocycles. The Morgan fingerprint density at radius 1 is 0.789 bits per heavy atom. The average molecular weight is 267 g/mol. The SMILES string of the molecule is CC(C)N1c2ccccc2[Si](C)(C)c2ccccc21. The van der Waals surface area contributed by atoms with Crippen molar-refractivity contribution in [3.8, 4) is 0 Å². The summed E-state index contributed by atoms with van der Waals surface area (Å²) in [5.74, 6) is 0. The van der Waals surface area contributed by atoms with Crippen LogP contribution in [0.2, 0.25) is 13.1 Å². The van der Waals surface area contributed by atoms with Crippen molar-refractivity contribution in [1.29, 1.82) is 0 Å². The number of anilines is 2. The molecule has 0 saturated heterocycles. The van der Waals surface area contributed by atoms with Crippen molar-refractivity contribution in [3.05, 3.63) is 48.5 Å². The normalized spacial score (nSPS) is 16.2. The third-order valence-electron chi connectivity index (χ3n) is 4.19. The minimum Gasteiger partial charge on any atom is -0.339 e. The quantitative estimate of drug-likeness (QED) is 0.716. The molecule has 1 aliphatic heterocycles. The van der Waals surface area contributed by atoms with Crippen LogP contribution in [0.15, 0.2) is 48.5 Å². The first-order valence-corrected chi connectivity index (χ1v) is 10.0. The lowest BCUT2D eigenvalue weighted by atomic mass is 10.1. The molecule has 0 atom stereocenters. The van der Waals surface area contributed by atoms with Crippen LogP contribution in [0.3, 0.4) is 0 Å². The predicted octanol–water partition coefficient (Wildman–Crippen LogP) is 3.37. The molecule has 19 heavy (non-hydrogen) atoms. The van der Waals surface area contributed by atoms with E-state index in [2.05, 4.69) is 80.4 Å². The molecule has 0 spiro atoms. The van der Waals surface area contributed by atoms with E-state index in [0.29, 0.717) is 6.04 Å². The number of fused-ring (bicyclic) bond motifs is 2. The van der Waals surface area contributed by atoms with Gasteiger partial charge in [0, 0.05) is 17.4 Å². The van der Waals surface area contributed by atoms with Crippen molar-refractivity contribution in [3.63, 3.8) is 0 Å². The van der Waals surface area contributed by atoms with Gasteiger partial charge in [-0.2, -0.15) is 0 Å². The molecule has 0 N–H and O–H groups in total. The molecule has 0 aromatic heterocycles. The highest BCUT2D eigenvalue weighted by molar-refractivity contribution is 7.02. The van der Waals surface area contributed by atoms with Crippen molar-refractivity contribution in [1.82, 2.24) is 0 Å². The summed E-state index contributed by atoms with van der Waals surface area (Å²) in [7, 11) is -1.56. The molecule has 0 unspecified atom stereocenters. The van der Waals surface area contributed by atoms with E-state index in [1.54, 1.807) is 10.4 Å². The molecule has 0 radical (unpaired) electrons. The van der Waals surface area contributed by atoms with Gasteiger partial charge in [0.2, 0.25) is 0 Å². The highest BCUT2D eigenvalue weighted by Gasteiger charge is 2.38. The van der Waals surface area contributed by atoms with Gasteiger partial charge in [0.05, 0.1) is 0 Å². The maximum absolute atomic E-state index is 2.49. The Morgan fingerprint density at radius 2 is 1.21 bits per heavy atom. The molecule has 2 heteroatoms. The monoisotopic (exact) mass is 267 g/mol. The zero-order valence-corrected chi connectivity index (χ0v) is 13.1. The van der Waals surface area contributed by atoms with Crippen LogP contribution in [0.1, 0.15) is 13.8 Å². The van der Waals surface area contributed by atoms with Gasteiger partial charge in [-0.05, 0) is 36.4 Å². The molecule has 0 fully saturated rings. The summed E-state index contributed by atoms with van der Waals surface area (Å²) in [5, 5.41) is 3.12. The van der Waals surface area contributed by atoms with Crippen LogP contribution >= 0.6 is 0 Å². The van der Waals surface area contributed by atoms with E-state index in [0.717, 1.165) is 0 Å². The van der Waals surface area contributed by atoms with Crippen molar-refractivity contribution in [2.45, 2.75) is 33.0 Å². The van der Waals surface area contributed by atoms with Crippen molar-refractivity contribution in [2.75, 3.05) is 4.90 Å². The van der Waals surface area contributed by atoms with Gasteiger partial charge in [-0.15, -0.1) is 0 Å². The van der Waals surface area contributed by atoms with E-state index >= 15 is 0 Å². The van der Waals surface area contributed by atoms with Crippen LogP contribution in [-0.4, -0.2) is 14.1 Å². The Balaban J connectivity index is 2.34. The van der Waals surface area contributed by atoms with Crippen LogP contribution in [0.25, 0.3) is 0 Å². The summed E-state index contributed by atoms with van der Waals surface area (Å²) in [5.41, 5.74) is 2.82. The van der Waals surface area contributed by atoms with Crippen LogP contribution in [0.5, 0.6) is 0 Å². The minimum absolute atomic E-state index is 0.479. The minimum atomic E-state index is -1.56. The number of hydrogen-bond donors (Lipinski definition) is 0. The van der Waals surface area contributed by atoms with E-state index in [1.807, 2.05) is 0 Å². The van der Waals surface area contributed by atoms with Crippen molar-refractivity contribution < 1.29 is 0 Å². The van der Waals surface area contributed by atoms with Gasteiger partial charge in [-0.3, -0.25) is 0 Å². The lowest BCUT2D eigenvalue weighted by Gasteiger charge is -2.42. The summed E-state index contributed by atoms with van der Waals surface area (Å²) >= 11 is 0. The molecule has 2 aromatic rings. The summed E-state index contributed by atoms with van der Waals surface area (Å²) in [6.07, 6.45) is 0. The van der Waals surface area contributed by atoms with Crippen molar-refractivity contribution in [2.24, 2.45) is 0 Å². The van der Waals surface area contributed by atoms with E-state index in [9.17, 15) is 0 Å². The second-order valence-electron chi connectivity index (χ2n) is 6.12. The third-order valence-corrected chi connectivity index (χ3v) is 7.73. The van der Waals surface area contributed by atoms with Crippen LogP contribution < -0.4 is 15.3 Å². The number of benzene rings is 2. The second kappa shape index (κ2) is 4.24. The fraction of sp³-hybridized carbons (Fsp3) is 0.294. The molecule has 2 aromatic carbocycles. The summed E-state index contributed by atoms with van der Waals surface area (Å²) in [4.78, 5) is 2.49. The first-order valence-electron chi connectivity index (χ1n) is 7.01. The van der Waals surface area contributed by atoms with Crippen LogP contribution in [0.4, 0.5) is 11.4 Å². The lowest BCUT2D eigenvalue weighted by Crippen LogP contribution is -2.59. The Bertz CT molecular complexity index is 567. The maximum atomic E-state index is 2.49. The van der Waals surface area contributed by atoms with E-state index in [1.165, 1.54) is 11.4 Å². The first-order chi connectivity index (χ1) is 9.03. The molecule has 0 saturated carbocycles. The summed E-state index contributed by atoms with van der Waals surface area (Å²) < 4.78 is 0. The summed E-state index contributed by atoms with van der Waals surface area (Å²) in [6.45, 7) is 9.46. The van der Waals surface area contributed by atoms with Gasteiger partial charge < -0.3 is 4.90 Å². The number of nitrogens with zero attached hydrogens (tertiary/aromatic N) is 1. The highest BCUT2D eigenvalue weighted by Crippen LogP contribution is 2.32. The number of hydrogen-bond acceptors (Lipinski definition) is 1. The van der Waals surface area contributed by atoms with Gasteiger partial charge in [0.25, 0.3) is 0 Å². The largest absolute Gasteiger partial charge is 0.339 e. The van der Waals surface area contributed by atoms with Crippen LogP contribution in [-0.2, 0) is 0 Å². The molecule has 3 rings (SSSR count). The predicted molar refractivity (Wildman–Crippen MR) is 86.9 cm³/mol. The van der Waals surface area contributed by atoms with Gasteiger partial charge in [0.1, 0.15) is 8.07 Å². The smallest absolute Gasteiger partial charge is 0.117 e. The zero-order chi connectivity index (χ0) is 13.6. The molecule has 1 aliphatic rings. The van der Waals surface area contributed by atoms with Gasteiger partial charge in [-0.1, -0.05) is 49.5 Å². The Hall–Kier alpha value is -1.54. The second-order valence-corrected chi connectivity index (χ2v) is 10.5. The maximum Gasteiger partial charge on any atom is 0.117 e. The van der Waals surface area contributed by atoms with Crippen molar-refractivity contribution >= 4 is 29.8 Å². The fourth-order valence-corrected chi connectivity index (χ4v) is 6.26. The third kappa shape index (κ3) is 1.74. The summed E-state index contributed by atoms with van der Waals surface area (Å²) in [6, 6.07) is 18.4. The molecular formula is C17H21NSi. The fourth-order valence-electron chi connectivity index (χ4n) is 3.26. The van der Waals surface area contributed by atoms with Gasteiger partial charge in [0.15, 0.2) is 0 Å². The Morgan fingerprint density at radius 3 is 1.63 bits per heavy atom. The lowest BCUT2D eigenvalue weighted by molar-refractivity contribution is 0.790. The topological polar surface area (TPSA) is 3.24 Å². The van der Waals surface area contributed by atoms with Gasteiger partial charge >= 0.3 is 0 Å². The molecule has 1 nitrogen and oxygen atoms in total. The standard InChI is InChI=1S/C17H21NSi/c1-13(2)18-14-9-5-7-11-16(14)19(3,4)17-12-8-6-10-15(17)18/h5-13H,1-4H3. The van der Waals surface area contributed by atoms with E-state index in [4.69, 9.17) is 0 Å². The zero-order valence-electron chi connectivity index (χ0n) is 12.1. The number of para-hydroxylation sites is 2. The molecule has 0 bridgehead atoms. The molecule has 98 valence electrons. The molecular weight excluding hydrogens is 246 g/mol. The number of rotatable bonds is 1. The molecule has 1 heterocycles. The van der Waals surface area contributed by atoms with E-state index in [-0.39, 0.29) is 0 Å². The van der Waals surface area contributed by atoms with Crippen LogP contribution in [0, 0.1) is 0 Å². The highest BCUT2D eigenvalue weighted by atomic mass is 28.3. The Labute approximate surface area is 116 Å².